The maximum atomic E-state index is 13.9. The third-order valence-corrected chi connectivity index (χ3v) is 5.49. The average molecular weight is 430 g/mol. The van der Waals surface area contributed by atoms with Crippen LogP contribution in [0.3, 0.4) is 0 Å². The van der Waals surface area contributed by atoms with Crippen LogP contribution in [0.25, 0.3) is 0 Å². The molecule has 1 aliphatic heterocycles. The first kappa shape index (κ1) is 21.0. The van der Waals surface area contributed by atoms with E-state index in [4.69, 9.17) is 0 Å². The molecule has 0 unspecified atom stereocenters. The molecule has 2 heterocycles. The van der Waals surface area contributed by atoms with Crippen molar-refractivity contribution in [1.82, 2.24) is 20.4 Å². The second-order valence-corrected chi connectivity index (χ2v) is 7.77. The first-order valence-electron chi connectivity index (χ1n) is 10.4. The lowest BCUT2D eigenvalue weighted by Gasteiger charge is -2.35. The van der Waals surface area contributed by atoms with Gasteiger partial charge in [0.2, 0.25) is 0 Å². The molecule has 10 heteroatoms. The lowest BCUT2D eigenvalue weighted by molar-refractivity contribution is 0.0736. The van der Waals surface area contributed by atoms with Crippen molar-refractivity contribution in [3.05, 3.63) is 47.5 Å². The summed E-state index contributed by atoms with van der Waals surface area (Å²) < 4.78 is 27.8. The summed E-state index contributed by atoms with van der Waals surface area (Å²) in [6, 6.07) is 6.47. The number of benzene rings is 1. The molecule has 1 aliphatic carbocycles. The molecule has 0 radical (unpaired) electrons. The summed E-state index contributed by atoms with van der Waals surface area (Å²) >= 11 is 0. The quantitative estimate of drug-likeness (QED) is 0.735. The second-order valence-electron chi connectivity index (χ2n) is 7.77. The topological polar surface area (TPSA) is 90.5 Å². The molecule has 2 N–H and O–H groups in total. The fraction of sp³-hybridized carbons (Fsp3) is 0.429. The number of halogens is 2. The lowest BCUT2D eigenvalue weighted by atomic mass is 10.1. The Morgan fingerprint density at radius 3 is 2.32 bits per heavy atom. The Kier molecular flexibility index (Phi) is 6.24. The number of hydrogen-bond acceptors (Lipinski definition) is 5. The Morgan fingerprint density at radius 2 is 1.71 bits per heavy atom. The van der Waals surface area contributed by atoms with E-state index in [1.807, 2.05) is 4.90 Å². The predicted molar refractivity (Wildman–Crippen MR) is 111 cm³/mol. The zero-order valence-corrected chi connectivity index (χ0v) is 17.0. The van der Waals surface area contributed by atoms with Gasteiger partial charge in [0.25, 0.3) is 5.91 Å². The van der Waals surface area contributed by atoms with Gasteiger partial charge in [-0.15, -0.1) is 10.2 Å². The minimum atomic E-state index is -0.863. The molecule has 2 fully saturated rings. The fourth-order valence-corrected chi connectivity index (χ4v) is 3.52. The van der Waals surface area contributed by atoms with E-state index < -0.39 is 23.1 Å². The Morgan fingerprint density at radius 1 is 1.00 bits per heavy atom. The van der Waals surface area contributed by atoms with E-state index >= 15 is 0 Å². The number of carbonyl (C=O) groups is 2. The number of hydrogen-bond donors (Lipinski definition) is 2. The molecule has 0 spiro atoms. The summed E-state index contributed by atoms with van der Waals surface area (Å²) in [7, 11) is 0. The van der Waals surface area contributed by atoms with E-state index in [1.165, 1.54) is 23.8 Å². The first-order valence-corrected chi connectivity index (χ1v) is 10.4. The van der Waals surface area contributed by atoms with Crippen LogP contribution in [0.2, 0.25) is 0 Å². The summed E-state index contributed by atoms with van der Waals surface area (Å²) in [5.74, 6) is -0.689. The molecule has 0 atom stereocenters. The molecular formula is C21H24F2N6O2. The van der Waals surface area contributed by atoms with Crippen molar-refractivity contribution in [2.45, 2.75) is 19.3 Å². The number of piperazine rings is 1. The van der Waals surface area contributed by atoms with Gasteiger partial charge in [-0.3, -0.25) is 10.1 Å². The van der Waals surface area contributed by atoms with E-state index in [-0.39, 0.29) is 6.03 Å². The number of urea groups is 1. The number of anilines is 2. The van der Waals surface area contributed by atoms with Crippen LogP contribution in [-0.4, -0.2) is 59.8 Å². The van der Waals surface area contributed by atoms with E-state index in [0.29, 0.717) is 44.4 Å². The Bertz CT molecular complexity index is 923. The van der Waals surface area contributed by atoms with Gasteiger partial charge in [-0.2, -0.15) is 0 Å². The van der Waals surface area contributed by atoms with Crippen LogP contribution in [0.5, 0.6) is 0 Å². The zero-order chi connectivity index (χ0) is 21.8. The van der Waals surface area contributed by atoms with Gasteiger partial charge in [0.15, 0.2) is 11.6 Å². The highest BCUT2D eigenvalue weighted by atomic mass is 19.1. The molecule has 1 saturated heterocycles. The van der Waals surface area contributed by atoms with Crippen LogP contribution in [0.1, 0.15) is 29.6 Å². The largest absolute Gasteiger partial charge is 0.352 e. The third kappa shape index (κ3) is 5.25. The van der Waals surface area contributed by atoms with Gasteiger partial charge in [-0.25, -0.2) is 13.6 Å². The van der Waals surface area contributed by atoms with Crippen molar-refractivity contribution in [2.75, 3.05) is 42.9 Å². The molecule has 1 aromatic carbocycles. The van der Waals surface area contributed by atoms with Crippen molar-refractivity contribution >= 4 is 23.6 Å². The summed E-state index contributed by atoms with van der Waals surface area (Å²) in [6.07, 6.45) is 3.49. The Labute approximate surface area is 178 Å². The molecule has 0 bridgehead atoms. The number of rotatable bonds is 6. The fourth-order valence-electron chi connectivity index (χ4n) is 3.52. The van der Waals surface area contributed by atoms with Crippen LogP contribution in [0, 0.1) is 17.6 Å². The molecule has 1 saturated carbocycles. The maximum Gasteiger partial charge on any atom is 0.320 e. The SMILES string of the molecule is O=C(NCCC1CC1)Nc1ccc(N2CCN(C(=O)c3c(F)cccc3F)CC2)nn1. The number of nitrogens with one attached hydrogen (secondary N) is 2. The van der Waals surface area contributed by atoms with Crippen molar-refractivity contribution < 1.29 is 18.4 Å². The smallest absolute Gasteiger partial charge is 0.320 e. The number of amides is 3. The number of nitrogens with zero attached hydrogens (tertiary/aromatic N) is 4. The molecule has 2 aliphatic rings. The molecule has 4 rings (SSSR count). The minimum Gasteiger partial charge on any atom is -0.352 e. The first-order chi connectivity index (χ1) is 15.0. The second kappa shape index (κ2) is 9.23. The van der Waals surface area contributed by atoms with Gasteiger partial charge < -0.3 is 15.1 Å². The third-order valence-electron chi connectivity index (χ3n) is 5.49. The van der Waals surface area contributed by atoms with E-state index in [1.54, 1.807) is 12.1 Å². The van der Waals surface area contributed by atoms with E-state index in [0.717, 1.165) is 24.5 Å². The van der Waals surface area contributed by atoms with Crippen LogP contribution < -0.4 is 15.5 Å². The Balaban J connectivity index is 1.27. The van der Waals surface area contributed by atoms with Gasteiger partial charge in [0.1, 0.15) is 17.2 Å². The molecule has 31 heavy (non-hydrogen) atoms. The maximum absolute atomic E-state index is 13.9. The minimum absolute atomic E-state index is 0.303. The molecule has 3 amide bonds. The highest BCUT2D eigenvalue weighted by molar-refractivity contribution is 5.95. The average Bonchev–Trinajstić information content (AvgIpc) is 3.59. The van der Waals surface area contributed by atoms with Crippen LogP contribution >= 0.6 is 0 Å². The summed E-state index contributed by atoms with van der Waals surface area (Å²) in [4.78, 5) is 27.7. The highest BCUT2D eigenvalue weighted by Gasteiger charge is 2.27. The van der Waals surface area contributed by atoms with Crippen LogP contribution in [0.4, 0.5) is 25.2 Å². The molecule has 164 valence electrons. The number of aromatic nitrogens is 2. The van der Waals surface area contributed by atoms with Gasteiger partial charge in [-0.05, 0) is 36.6 Å². The van der Waals surface area contributed by atoms with Crippen LogP contribution in [0.15, 0.2) is 30.3 Å². The highest BCUT2D eigenvalue weighted by Crippen LogP contribution is 2.31. The summed E-state index contributed by atoms with van der Waals surface area (Å²) in [6.45, 7) is 2.15. The lowest BCUT2D eigenvalue weighted by Crippen LogP contribution is -2.49. The molecule has 8 nitrogen and oxygen atoms in total. The molecular weight excluding hydrogens is 406 g/mol. The van der Waals surface area contributed by atoms with Crippen molar-refractivity contribution in [3.8, 4) is 0 Å². The Hall–Kier alpha value is -3.30. The summed E-state index contributed by atoms with van der Waals surface area (Å²) in [5, 5.41) is 13.6. The van der Waals surface area contributed by atoms with E-state index in [2.05, 4.69) is 20.8 Å². The van der Waals surface area contributed by atoms with Crippen molar-refractivity contribution in [2.24, 2.45) is 5.92 Å². The van der Waals surface area contributed by atoms with Crippen molar-refractivity contribution in [1.29, 1.82) is 0 Å². The van der Waals surface area contributed by atoms with Gasteiger partial charge in [0, 0.05) is 32.7 Å². The van der Waals surface area contributed by atoms with Gasteiger partial charge >= 0.3 is 6.03 Å². The number of carbonyl (C=O) groups excluding carboxylic acids is 2. The standard InChI is InChI=1S/C21H24F2N6O2/c22-15-2-1-3-16(23)19(15)20(30)29-12-10-28(11-13-29)18-7-6-17(26-27-18)25-21(31)24-9-8-14-4-5-14/h1-3,6-7,14H,4-5,8-13H2,(H2,24,25,26,31). The van der Waals surface area contributed by atoms with Crippen LogP contribution in [-0.2, 0) is 0 Å². The van der Waals surface area contributed by atoms with E-state index in [9.17, 15) is 18.4 Å². The van der Waals surface area contributed by atoms with Gasteiger partial charge in [0.05, 0.1) is 0 Å². The molecule has 2 aromatic rings. The summed E-state index contributed by atoms with van der Waals surface area (Å²) in [5.41, 5.74) is -0.526. The van der Waals surface area contributed by atoms with Crippen molar-refractivity contribution in [3.63, 3.8) is 0 Å². The predicted octanol–water partition coefficient (Wildman–Crippen LogP) is 2.64. The monoisotopic (exact) mass is 430 g/mol. The zero-order valence-electron chi connectivity index (χ0n) is 17.0. The van der Waals surface area contributed by atoms with Gasteiger partial charge in [-0.1, -0.05) is 18.9 Å². The normalized spacial score (nSPS) is 16.2. The molecule has 1 aromatic heterocycles.